The maximum Gasteiger partial charge on any atom is 0.248 e. The molecule has 19 heavy (non-hydrogen) atoms. The van der Waals surface area contributed by atoms with Crippen LogP contribution in [0, 0.1) is 6.92 Å². The molecule has 0 N–H and O–H groups in total. The van der Waals surface area contributed by atoms with Gasteiger partial charge in [0.15, 0.2) is 0 Å². The van der Waals surface area contributed by atoms with Gasteiger partial charge >= 0.3 is 0 Å². The third kappa shape index (κ3) is 3.76. The first-order valence-corrected chi connectivity index (χ1v) is 6.76. The molecule has 0 unspecified atom stereocenters. The summed E-state index contributed by atoms with van der Waals surface area (Å²) in [7, 11) is 0. The van der Waals surface area contributed by atoms with E-state index in [1.165, 1.54) is 16.3 Å². The van der Waals surface area contributed by atoms with Gasteiger partial charge in [-0.1, -0.05) is 42.5 Å². The molecule has 0 spiro atoms. The van der Waals surface area contributed by atoms with Crippen LogP contribution in [0.5, 0.6) is 0 Å². The molecule has 0 nitrogen and oxygen atoms in total. The molecule has 0 aliphatic carbocycles. The van der Waals surface area contributed by atoms with Gasteiger partial charge < -0.3 is 0 Å². The fourth-order valence-corrected chi connectivity index (χ4v) is 2.33. The van der Waals surface area contributed by atoms with Crippen LogP contribution in [0.15, 0.2) is 42.5 Å². The van der Waals surface area contributed by atoms with E-state index in [2.05, 4.69) is 31.2 Å². The van der Waals surface area contributed by atoms with Crippen molar-refractivity contribution in [3.8, 4) is 0 Å². The van der Waals surface area contributed by atoms with Crippen LogP contribution in [0.25, 0.3) is 10.8 Å². The van der Waals surface area contributed by atoms with Crippen LogP contribution in [-0.4, -0.2) is 5.92 Å². The molecule has 2 aromatic rings. The van der Waals surface area contributed by atoms with Crippen LogP contribution in [-0.2, 0) is 6.42 Å². The molecular weight excluding hydrogens is 242 g/mol. The number of halogens is 2. The second-order valence-corrected chi connectivity index (χ2v) is 4.95. The zero-order valence-electron chi connectivity index (χ0n) is 11.0. The Hall–Kier alpha value is -1.44. The quantitative estimate of drug-likeness (QED) is 0.610. The average Bonchev–Trinajstić information content (AvgIpc) is 2.44. The van der Waals surface area contributed by atoms with Crippen molar-refractivity contribution in [3.05, 3.63) is 55.0 Å². The van der Waals surface area contributed by atoms with Gasteiger partial charge in [-0.05, 0) is 42.5 Å². The van der Waals surface area contributed by atoms with Gasteiger partial charge in [0.2, 0.25) is 5.92 Å². The summed E-state index contributed by atoms with van der Waals surface area (Å²) in [4.78, 5) is 0. The molecule has 101 valence electrons. The Kier molecular flexibility index (Phi) is 4.52. The Morgan fingerprint density at radius 3 is 2.47 bits per heavy atom. The SMILES string of the molecule is [CH2]CC(F)(F)CCCCc1cccc2ccccc12. The molecule has 2 aromatic carbocycles. The van der Waals surface area contributed by atoms with Gasteiger partial charge in [0.05, 0.1) is 0 Å². The van der Waals surface area contributed by atoms with Crippen molar-refractivity contribution >= 4 is 10.8 Å². The monoisotopic (exact) mass is 261 g/mol. The van der Waals surface area contributed by atoms with E-state index in [1.807, 2.05) is 18.2 Å². The summed E-state index contributed by atoms with van der Waals surface area (Å²) in [5, 5.41) is 2.44. The predicted molar refractivity (Wildman–Crippen MR) is 76.4 cm³/mol. The molecule has 0 heterocycles. The van der Waals surface area contributed by atoms with E-state index in [4.69, 9.17) is 0 Å². The molecule has 0 saturated heterocycles. The number of benzene rings is 2. The van der Waals surface area contributed by atoms with Crippen molar-refractivity contribution in [3.63, 3.8) is 0 Å². The summed E-state index contributed by atoms with van der Waals surface area (Å²) in [6, 6.07) is 14.4. The minimum Gasteiger partial charge on any atom is -0.207 e. The third-order valence-corrected chi connectivity index (χ3v) is 3.48. The summed E-state index contributed by atoms with van der Waals surface area (Å²) in [6.45, 7) is 3.29. The number of alkyl halides is 2. The summed E-state index contributed by atoms with van der Waals surface area (Å²) in [6.07, 6.45) is 1.84. The third-order valence-electron chi connectivity index (χ3n) is 3.48. The van der Waals surface area contributed by atoms with Crippen molar-refractivity contribution < 1.29 is 8.78 Å². The molecule has 0 saturated carbocycles. The Balaban J connectivity index is 1.95. The standard InChI is InChI=1S/C17H19F2/c1-2-17(18,19)13-6-5-9-15-11-7-10-14-8-3-4-12-16(14)15/h3-4,7-8,10-12H,1-2,5-6,9,13H2. The highest BCUT2D eigenvalue weighted by Gasteiger charge is 2.24. The van der Waals surface area contributed by atoms with Crippen LogP contribution in [0.1, 0.15) is 31.2 Å². The smallest absolute Gasteiger partial charge is 0.207 e. The lowest BCUT2D eigenvalue weighted by atomic mass is 9.99. The number of unbranched alkanes of at least 4 members (excludes halogenated alkanes) is 1. The van der Waals surface area contributed by atoms with Gasteiger partial charge in [-0.2, -0.15) is 0 Å². The zero-order chi connectivity index (χ0) is 13.7. The van der Waals surface area contributed by atoms with Crippen LogP contribution < -0.4 is 0 Å². The summed E-state index contributed by atoms with van der Waals surface area (Å²) in [5.41, 5.74) is 1.25. The first kappa shape index (κ1) is 14.0. The number of aryl methyl sites for hydroxylation is 1. The molecular formula is C17H19F2. The van der Waals surface area contributed by atoms with E-state index < -0.39 is 5.92 Å². The minimum absolute atomic E-state index is 0.0543. The van der Waals surface area contributed by atoms with E-state index in [0.29, 0.717) is 6.42 Å². The number of fused-ring (bicyclic) bond motifs is 1. The molecule has 2 rings (SSSR count). The van der Waals surface area contributed by atoms with E-state index in [9.17, 15) is 8.78 Å². The Morgan fingerprint density at radius 2 is 1.68 bits per heavy atom. The number of hydrogen-bond acceptors (Lipinski definition) is 0. The Morgan fingerprint density at radius 1 is 0.947 bits per heavy atom. The first-order valence-electron chi connectivity index (χ1n) is 6.76. The fraction of sp³-hybridized carbons (Fsp3) is 0.353. The second kappa shape index (κ2) is 6.14. The lowest BCUT2D eigenvalue weighted by molar-refractivity contribution is -0.00736. The lowest BCUT2D eigenvalue weighted by Gasteiger charge is -2.13. The highest BCUT2D eigenvalue weighted by Crippen LogP contribution is 2.26. The topological polar surface area (TPSA) is 0 Å². The van der Waals surface area contributed by atoms with E-state index in [1.54, 1.807) is 0 Å². The highest BCUT2D eigenvalue weighted by molar-refractivity contribution is 5.85. The average molecular weight is 261 g/mol. The largest absolute Gasteiger partial charge is 0.248 e. The summed E-state index contributed by atoms with van der Waals surface area (Å²) < 4.78 is 26.1. The molecule has 0 atom stereocenters. The lowest BCUT2D eigenvalue weighted by Crippen LogP contribution is -2.13. The molecule has 2 heteroatoms. The molecule has 0 bridgehead atoms. The van der Waals surface area contributed by atoms with E-state index in [0.717, 1.165) is 12.8 Å². The van der Waals surface area contributed by atoms with Gasteiger partial charge in [-0.15, -0.1) is 0 Å². The van der Waals surface area contributed by atoms with Gasteiger partial charge in [0.1, 0.15) is 0 Å². The van der Waals surface area contributed by atoms with E-state index in [-0.39, 0.29) is 12.8 Å². The van der Waals surface area contributed by atoms with E-state index >= 15 is 0 Å². The van der Waals surface area contributed by atoms with Crippen molar-refractivity contribution in [2.24, 2.45) is 0 Å². The van der Waals surface area contributed by atoms with Gasteiger partial charge in [0, 0.05) is 12.8 Å². The second-order valence-electron chi connectivity index (χ2n) is 4.95. The normalized spacial score (nSPS) is 11.9. The minimum atomic E-state index is -2.60. The predicted octanol–water partition coefficient (Wildman–Crippen LogP) is 5.41. The molecule has 0 aliphatic rings. The van der Waals surface area contributed by atoms with Crippen LogP contribution >= 0.6 is 0 Å². The molecule has 0 aliphatic heterocycles. The Labute approximate surface area is 113 Å². The molecule has 1 radical (unpaired) electrons. The van der Waals surface area contributed by atoms with Crippen molar-refractivity contribution in [2.75, 3.05) is 0 Å². The van der Waals surface area contributed by atoms with Crippen molar-refractivity contribution in [1.29, 1.82) is 0 Å². The van der Waals surface area contributed by atoms with Crippen molar-refractivity contribution in [2.45, 2.75) is 38.0 Å². The van der Waals surface area contributed by atoms with Gasteiger partial charge in [0.25, 0.3) is 0 Å². The fourth-order valence-electron chi connectivity index (χ4n) is 2.33. The summed E-state index contributed by atoms with van der Waals surface area (Å²) >= 11 is 0. The summed E-state index contributed by atoms with van der Waals surface area (Å²) in [5.74, 6) is -2.60. The van der Waals surface area contributed by atoms with Gasteiger partial charge in [-0.25, -0.2) is 8.78 Å². The highest BCUT2D eigenvalue weighted by atomic mass is 19.3. The first-order chi connectivity index (χ1) is 9.12. The van der Waals surface area contributed by atoms with Crippen LogP contribution in [0.2, 0.25) is 0 Å². The number of hydrogen-bond donors (Lipinski definition) is 0. The van der Waals surface area contributed by atoms with Crippen LogP contribution in [0.4, 0.5) is 8.78 Å². The number of rotatable bonds is 6. The van der Waals surface area contributed by atoms with Crippen LogP contribution in [0.3, 0.4) is 0 Å². The van der Waals surface area contributed by atoms with Crippen molar-refractivity contribution in [1.82, 2.24) is 0 Å². The molecule has 0 fully saturated rings. The molecule has 0 amide bonds. The maximum absolute atomic E-state index is 13.1. The van der Waals surface area contributed by atoms with Gasteiger partial charge in [-0.3, -0.25) is 0 Å². The zero-order valence-corrected chi connectivity index (χ0v) is 11.0. The molecule has 0 aromatic heterocycles. The Bertz CT molecular complexity index is 526. The maximum atomic E-state index is 13.1.